The lowest BCUT2D eigenvalue weighted by Crippen LogP contribution is -2.21. The van der Waals surface area contributed by atoms with Crippen LogP contribution in [0.3, 0.4) is 0 Å². The van der Waals surface area contributed by atoms with E-state index in [1.54, 1.807) is 14.0 Å². The minimum Gasteiger partial charge on any atom is -0.389 e. The molecule has 0 aliphatic heterocycles. The number of aliphatic hydroxyl groups excluding tert-OH is 1. The van der Waals surface area contributed by atoms with E-state index in [9.17, 15) is 5.11 Å². The number of hydrogen-bond donors (Lipinski definition) is 1. The van der Waals surface area contributed by atoms with Crippen molar-refractivity contribution in [3.63, 3.8) is 0 Å². The molecule has 1 atom stereocenters. The molecule has 16 heavy (non-hydrogen) atoms. The lowest BCUT2D eigenvalue weighted by molar-refractivity contribution is 0.195. The van der Waals surface area contributed by atoms with Crippen molar-refractivity contribution in [2.45, 2.75) is 19.4 Å². The van der Waals surface area contributed by atoms with E-state index in [2.05, 4.69) is 4.90 Å². The Bertz CT molecular complexity index is 313. The summed E-state index contributed by atoms with van der Waals surface area (Å²) in [6.45, 7) is 3.49. The van der Waals surface area contributed by atoms with Crippen LogP contribution in [0, 0.1) is 0 Å². The van der Waals surface area contributed by atoms with Crippen LogP contribution in [0.2, 0.25) is 0 Å². The summed E-state index contributed by atoms with van der Waals surface area (Å²) < 4.78 is 5.03. The van der Waals surface area contributed by atoms with Crippen LogP contribution in [0.1, 0.15) is 25.0 Å². The molecule has 90 valence electrons. The molecule has 0 fully saturated rings. The zero-order chi connectivity index (χ0) is 12.0. The van der Waals surface area contributed by atoms with Crippen molar-refractivity contribution < 1.29 is 9.84 Å². The topological polar surface area (TPSA) is 32.7 Å². The molecule has 3 heteroatoms. The predicted molar refractivity (Wildman–Crippen MR) is 66.8 cm³/mol. The smallest absolute Gasteiger partial charge is 0.0781 e. The number of rotatable bonds is 6. The molecular formula is C13H21NO2. The third-order valence-electron chi connectivity index (χ3n) is 2.64. The summed E-state index contributed by atoms with van der Waals surface area (Å²) in [6, 6.07) is 7.95. The first-order chi connectivity index (χ1) is 7.66. The minimum atomic E-state index is -0.430. The molecule has 0 heterocycles. The van der Waals surface area contributed by atoms with Gasteiger partial charge in [-0.3, -0.25) is 0 Å². The number of hydrogen-bond acceptors (Lipinski definition) is 3. The Kier molecular flexibility index (Phi) is 5.29. The van der Waals surface area contributed by atoms with Crippen molar-refractivity contribution >= 4 is 5.69 Å². The minimum absolute atomic E-state index is 0.430. The Labute approximate surface area is 97.7 Å². The van der Waals surface area contributed by atoms with E-state index in [0.717, 1.165) is 30.8 Å². The molecular weight excluding hydrogens is 202 g/mol. The summed E-state index contributed by atoms with van der Waals surface area (Å²) in [7, 11) is 3.75. The van der Waals surface area contributed by atoms with Crippen molar-refractivity contribution in [3.05, 3.63) is 29.8 Å². The van der Waals surface area contributed by atoms with Crippen molar-refractivity contribution in [2.75, 3.05) is 32.2 Å². The lowest BCUT2D eigenvalue weighted by atomic mass is 10.1. The highest BCUT2D eigenvalue weighted by Gasteiger charge is 2.10. The molecule has 1 N–H and O–H groups in total. The summed E-state index contributed by atoms with van der Waals surface area (Å²) in [6.07, 6.45) is 0.558. The number of nitrogens with zero attached hydrogens (tertiary/aromatic N) is 1. The van der Waals surface area contributed by atoms with Crippen molar-refractivity contribution in [3.8, 4) is 0 Å². The normalized spacial score (nSPS) is 12.5. The van der Waals surface area contributed by atoms with E-state index in [4.69, 9.17) is 4.74 Å². The maximum Gasteiger partial charge on any atom is 0.0781 e. The van der Waals surface area contributed by atoms with Crippen LogP contribution in [-0.4, -0.2) is 32.4 Å². The summed E-state index contributed by atoms with van der Waals surface area (Å²) in [5.74, 6) is 0. The van der Waals surface area contributed by atoms with E-state index in [0.29, 0.717) is 0 Å². The van der Waals surface area contributed by atoms with Gasteiger partial charge in [-0.15, -0.1) is 0 Å². The number of aliphatic hydroxyl groups is 1. The van der Waals surface area contributed by atoms with Gasteiger partial charge in [0.2, 0.25) is 0 Å². The number of ether oxygens (including phenoxy) is 1. The second-order valence-corrected chi connectivity index (χ2v) is 4.00. The Balaban J connectivity index is 2.70. The van der Waals surface area contributed by atoms with Crippen LogP contribution in [0.4, 0.5) is 5.69 Å². The standard InChI is InChI=1S/C13H21NO2/c1-11(15)12-7-4-5-8-13(12)14(2)9-6-10-16-3/h4-5,7-8,11,15H,6,9-10H2,1-3H3/t11-/m1/s1. The van der Waals surface area contributed by atoms with Gasteiger partial charge in [-0.2, -0.15) is 0 Å². The lowest BCUT2D eigenvalue weighted by Gasteiger charge is -2.23. The Morgan fingerprint density at radius 3 is 2.69 bits per heavy atom. The van der Waals surface area contributed by atoms with E-state index in [1.807, 2.05) is 31.3 Å². The Morgan fingerprint density at radius 1 is 1.38 bits per heavy atom. The average Bonchev–Trinajstić information content (AvgIpc) is 2.29. The summed E-state index contributed by atoms with van der Waals surface area (Å²) >= 11 is 0. The highest BCUT2D eigenvalue weighted by molar-refractivity contribution is 5.53. The number of para-hydroxylation sites is 1. The highest BCUT2D eigenvalue weighted by atomic mass is 16.5. The zero-order valence-electron chi connectivity index (χ0n) is 10.3. The molecule has 1 rings (SSSR count). The number of anilines is 1. The largest absolute Gasteiger partial charge is 0.389 e. The molecule has 0 aromatic heterocycles. The first kappa shape index (κ1) is 13.0. The first-order valence-corrected chi connectivity index (χ1v) is 5.64. The molecule has 3 nitrogen and oxygen atoms in total. The molecule has 0 radical (unpaired) electrons. The number of methoxy groups -OCH3 is 1. The maximum absolute atomic E-state index is 9.67. The predicted octanol–water partition coefficient (Wildman–Crippen LogP) is 2.21. The zero-order valence-corrected chi connectivity index (χ0v) is 10.3. The van der Waals surface area contributed by atoms with Crippen molar-refractivity contribution in [1.82, 2.24) is 0 Å². The molecule has 0 saturated carbocycles. The number of benzene rings is 1. The van der Waals surface area contributed by atoms with E-state index >= 15 is 0 Å². The maximum atomic E-state index is 9.67. The SMILES string of the molecule is COCCCN(C)c1ccccc1[C@@H](C)O. The fraction of sp³-hybridized carbons (Fsp3) is 0.538. The quantitative estimate of drug-likeness (QED) is 0.751. The van der Waals surface area contributed by atoms with Crippen molar-refractivity contribution in [1.29, 1.82) is 0 Å². The second-order valence-electron chi connectivity index (χ2n) is 4.00. The van der Waals surface area contributed by atoms with E-state index in [1.165, 1.54) is 0 Å². The second kappa shape index (κ2) is 6.51. The fourth-order valence-corrected chi connectivity index (χ4v) is 1.75. The van der Waals surface area contributed by atoms with Gasteiger partial charge in [0.25, 0.3) is 0 Å². The molecule has 0 aliphatic carbocycles. The molecule has 1 aromatic carbocycles. The third-order valence-corrected chi connectivity index (χ3v) is 2.64. The van der Waals surface area contributed by atoms with Crippen LogP contribution in [0.5, 0.6) is 0 Å². The third kappa shape index (κ3) is 3.51. The van der Waals surface area contributed by atoms with Gasteiger partial charge in [-0.25, -0.2) is 0 Å². The van der Waals surface area contributed by atoms with Crippen LogP contribution in [0.25, 0.3) is 0 Å². The molecule has 0 spiro atoms. The highest BCUT2D eigenvalue weighted by Crippen LogP contribution is 2.25. The van der Waals surface area contributed by atoms with Gasteiger partial charge in [-0.1, -0.05) is 18.2 Å². The Morgan fingerprint density at radius 2 is 2.06 bits per heavy atom. The van der Waals surface area contributed by atoms with Gasteiger partial charge in [0, 0.05) is 38.6 Å². The van der Waals surface area contributed by atoms with Gasteiger partial charge >= 0.3 is 0 Å². The molecule has 0 bridgehead atoms. The molecule has 0 aliphatic rings. The van der Waals surface area contributed by atoms with Crippen LogP contribution in [0.15, 0.2) is 24.3 Å². The van der Waals surface area contributed by atoms with E-state index < -0.39 is 6.10 Å². The van der Waals surface area contributed by atoms with E-state index in [-0.39, 0.29) is 0 Å². The molecule has 0 unspecified atom stereocenters. The van der Waals surface area contributed by atoms with Crippen LogP contribution >= 0.6 is 0 Å². The summed E-state index contributed by atoms with van der Waals surface area (Å²) in [4.78, 5) is 2.15. The summed E-state index contributed by atoms with van der Waals surface area (Å²) in [5, 5.41) is 9.67. The monoisotopic (exact) mass is 223 g/mol. The Hall–Kier alpha value is -1.06. The van der Waals surface area contributed by atoms with Gasteiger partial charge < -0.3 is 14.7 Å². The van der Waals surface area contributed by atoms with Crippen LogP contribution < -0.4 is 4.90 Å². The van der Waals surface area contributed by atoms with Crippen LogP contribution in [-0.2, 0) is 4.74 Å². The van der Waals surface area contributed by atoms with Gasteiger partial charge in [0.1, 0.15) is 0 Å². The van der Waals surface area contributed by atoms with Gasteiger partial charge in [0.05, 0.1) is 6.10 Å². The van der Waals surface area contributed by atoms with Gasteiger partial charge in [-0.05, 0) is 19.4 Å². The van der Waals surface area contributed by atoms with Crippen molar-refractivity contribution in [2.24, 2.45) is 0 Å². The molecule has 1 aromatic rings. The van der Waals surface area contributed by atoms with Gasteiger partial charge in [0.15, 0.2) is 0 Å². The molecule has 0 amide bonds. The fourth-order valence-electron chi connectivity index (χ4n) is 1.75. The first-order valence-electron chi connectivity index (χ1n) is 5.64. The average molecular weight is 223 g/mol. The molecule has 0 saturated heterocycles. The summed E-state index contributed by atoms with van der Waals surface area (Å²) in [5.41, 5.74) is 2.07.